The Hall–Kier alpha value is -1.71. The van der Waals surface area contributed by atoms with Crippen molar-refractivity contribution >= 4 is 5.91 Å². The first-order valence-electron chi connectivity index (χ1n) is 7.43. The minimum atomic E-state index is -0.543. The molecule has 1 aromatic carbocycles. The Morgan fingerprint density at radius 1 is 1.20 bits per heavy atom. The van der Waals surface area contributed by atoms with E-state index in [0.29, 0.717) is 17.4 Å². The van der Waals surface area contributed by atoms with Crippen molar-refractivity contribution in [3.8, 4) is 11.5 Å². The number of rotatable bonds is 2. The predicted octanol–water partition coefficient (Wildman–Crippen LogP) is 2.52. The van der Waals surface area contributed by atoms with Gasteiger partial charge in [-0.25, -0.2) is 0 Å². The Bertz CT molecular complexity index is 488. The third-order valence-electron chi connectivity index (χ3n) is 4.24. The molecule has 1 heterocycles. The lowest BCUT2D eigenvalue weighted by Gasteiger charge is -2.32. The van der Waals surface area contributed by atoms with Crippen molar-refractivity contribution in [1.82, 2.24) is 5.32 Å². The first-order chi connectivity index (χ1) is 9.74. The van der Waals surface area contributed by atoms with Gasteiger partial charge in [0.15, 0.2) is 11.5 Å². The fourth-order valence-corrected chi connectivity index (χ4v) is 2.96. The molecule has 3 rings (SSSR count). The standard InChI is InChI=1S/C16H21NO3/c1-11-6-2-3-7-12(11)17-16(18)15-10-19-13-8-4-5-9-14(13)20-15/h4-5,8-9,11-12,15H,2-3,6-7,10H2,1H3,(H,17,18)/t11-,12-,15-/m1/s1. The number of nitrogens with one attached hydrogen (secondary N) is 1. The summed E-state index contributed by atoms with van der Waals surface area (Å²) in [6.45, 7) is 2.49. The van der Waals surface area contributed by atoms with Gasteiger partial charge in [-0.3, -0.25) is 4.79 Å². The largest absolute Gasteiger partial charge is 0.485 e. The molecule has 20 heavy (non-hydrogen) atoms. The second-order valence-electron chi connectivity index (χ2n) is 5.74. The van der Waals surface area contributed by atoms with Gasteiger partial charge in [0.2, 0.25) is 6.10 Å². The fourth-order valence-electron chi connectivity index (χ4n) is 2.96. The van der Waals surface area contributed by atoms with E-state index in [9.17, 15) is 4.79 Å². The van der Waals surface area contributed by atoms with Crippen molar-refractivity contribution in [2.75, 3.05) is 6.61 Å². The highest BCUT2D eigenvalue weighted by atomic mass is 16.6. The van der Waals surface area contributed by atoms with E-state index in [-0.39, 0.29) is 18.6 Å². The number of fused-ring (bicyclic) bond motifs is 1. The molecule has 0 unspecified atom stereocenters. The highest BCUT2D eigenvalue weighted by molar-refractivity contribution is 5.82. The van der Waals surface area contributed by atoms with Gasteiger partial charge in [0.05, 0.1) is 0 Å². The molecular formula is C16H21NO3. The van der Waals surface area contributed by atoms with Gasteiger partial charge < -0.3 is 14.8 Å². The molecule has 0 spiro atoms. The molecule has 0 radical (unpaired) electrons. The van der Waals surface area contributed by atoms with E-state index in [4.69, 9.17) is 9.47 Å². The summed E-state index contributed by atoms with van der Waals surface area (Å²) in [7, 11) is 0. The lowest BCUT2D eigenvalue weighted by atomic mass is 9.86. The van der Waals surface area contributed by atoms with Crippen LogP contribution in [0.3, 0.4) is 0 Å². The Kier molecular flexibility index (Phi) is 3.81. The summed E-state index contributed by atoms with van der Waals surface area (Å²) in [5.41, 5.74) is 0. The molecule has 1 N–H and O–H groups in total. The smallest absolute Gasteiger partial charge is 0.264 e. The van der Waals surface area contributed by atoms with Crippen molar-refractivity contribution in [2.24, 2.45) is 5.92 Å². The molecule has 4 heteroatoms. The van der Waals surface area contributed by atoms with Crippen molar-refractivity contribution in [3.63, 3.8) is 0 Å². The third kappa shape index (κ3) is 2.74. The summed E-state index contributed by atoms with van der Waals surface area (Å²) in [5.74, 6) is 1.85. The Balaban J connectivity index is 1.61. The van der Waals surface area contributed by atoms with E-state index in [0.717, 1.165) is 6.42 Å². The zero-order valence-electron chi connectivity index (χ0n) is 11.8. The van der Waals surface area contributed by atoms with Crippen LogP contribution in [-0.4, -0.2) is 24.7 Å². The third-order valence-corrected chi connectivity index (χ3v) is 4.24. The number of benzene rings is 1. The molecule has 1 aliphatic carbocycles. The number of hydrogen-bond acceptors (Lipinski definition) is 3. The van der Waals surface area contributed by atoms with Gasteiger partial charge in [0.1, 0.15) is 6.61 Å². The zero-order chi connectivity index (χ0) is 13.9. The summed E-state index contributed by atoms with van der Waals surface area (Å²) in [6.07, 6.45) is 4.18. The molecule has 0 bridgehead atoms. The molecule has 108 valence electrons. The molecule has 1 fully saturated rings. The van der Waals surface area contributed by atoms with Crippen LogP contribution in [-0.2, 0) is 4.79 Å². The van der Waals surface area contributed by atoms with Crippen LogP contribution in [0.1, 0.15) is 32.6 Å². The Morgan fingerprint density at radius 3 is 2.75 bits per heavy atom. The first kappa shape index (κ1) is 13.3. The van der Waals surface area contributed by atoms with Crippen LogP contribution in [0.15, 0.2) is 24.3 Å². The molecule has 2 aliphatic rings. The van der Waals surface area contributed by atoms with Crippen molar-refractivity contribution < 1.29 is 14.3 Å². The summed E-state index contributed by atoms with van der Waals surface area (Å²) < 4.78 is 11.3. The second-order valence-corrected chi connectivity index (χ2v) is 5.74. The highest BCUT2D eigenvalue weighted by Gasteiger charge is 2.30. The fraction of sp³-hybridized carbons (Fsp3) is 0.562. The lowest BCUT2D eigenvalue weighted by Crippen LogP contribution is -2.50. The number of carbonyl (C=O) groups excluding carboxylic acids is 1. The lowest BCUT2D eigenvalue weighted by molar-refractivity contribution is -0.131. The molecular weight excluding hydrogens is 254 g/mol. The van der Waals surface area contributed by atoms with Gasteiger partial charge in [-0.15, -0.1) is 0 Å². The summed E-state index contributed by atoms with van der Waals surface area (Å²) in [6, 6.07) is 7.74. The van der Waals surface area contributed by atoms with E-state index >= 15 is 0 Å². The summed E-state index contributed by atoms with van der Waals surface area (Å²) >= 11 is 0. The normalized spacial score (nSPS) is 28.8. The van der Waals surface area contributed by atoms with Gasteiger partial charge in [-0.1, -0.05) is 31.9 Å². The number of hydrogen-bond donors (Lipinski definition) is 1. The number of carbonyl (C=O) groups is 1. The van der Waals surface area contributed by atoms with Crippen LogP contribution in [0.2, 0.25) is 0 Å². The van der Waals surface area contributed by atoms with Gasteiger partial charge in [0.25, 0.3) is 5.91 Å². The Labute approximate surface area is 119 Å². The SMILES string of the molecule is C[C@@H]1CCCC[C@H]1NC(=O)[C@H]1COc2ccccc2O1. The maximum absolute atomic E-state index is 12.3. The zero-order valence-corrected chi connectivity index (χ0v) is 11.8. The highest BCUT2D eigenvalue weighted by Crippen LogP contribution is 2.31. The van der Waals surface area contributed by atoms with Gasteiger partial charge in [-0.2, -0.15) is 0 Å². The van der Waals surface area contributed by atoms with Crippen LogP contribution in [0, 0.1) is 5.92 Å². The van der Waals surface area contributed by atoms with E-state index in [1.54, 1.807) is 0 Å². The average molecular weight is 275 g/mol. The molecule has 3 atom stereocenters. The van der Waals surface area contributed by atoms with E-state index in [1.807, 2.05) is 24.3 Å². The monoisotopic (exact) mass is 275 g/mol. The van der Waals surface area contributed by atoms with Gasteiger partial charge >= 0.3 is 0 Å². The van der Waals surface area contributed by atoms with E-state index in [1.165, 1.54) is 19.3 Å². The average Bonchev–Trinajstić information content (AvgIpc) is 2.49. The number of para-hydroxylation sites is 2. The molecule has 1 aromatic rings. The second kappa shape index (κ2) is 5.73. The van der Waals surface area contributed by atoms with Crippen LogP contribution in [0.5, 0.6) is 11.5 Å². The topological polar surface area (TPSA) is 47.6 Å². The minimum Gasteiger partial charge on any atom is -0.485 e. The molecule has 1 amide bonds. The maximum atomic E-state index is 12.3. The predicted molar refractivity (Wildman–Crippen MR) is 75.9 cm³/mol. The Morgan fingerprint density at radius 2 is 1.95 bits per heavy atom. The number of amides is 1. The summed E-state index contributed by atoms with van der Waals surface area (Å²) in [4.78, 5) is 12.3. The van der Waals surface area contributed by atoms with Crippen molar-refractivity contribution in [3.05, 3.63) is 24.3 Å². The minimum absolute atomic E-state index is 0.0572. The van der Waals surface area contributed by atoms with Crippen LogP contribution >= 0.6 is 0 Å². The first-order valence-corrected chi connectivity index (χ1v) is 7.43. The summed E-state index contributed by atoms with van der Waals surface area (Å²) in [5, 5.41) is 3.13. The molecule has 1 aliphatic heterocycles. The van der Waals surface area contributed by atoms with Crippen LogP contribution < -0.4 is 14.8 Å². The molecule has 0 saturated heterocycles. The van der Waals surface area contributed by atoms with Crippen molar-refractivity contribution in [2.45, 2.75) is 44.8 Å². The quantitative estimate of drug-likeness (QED) is 0.902. The van der Waals surface area contributed by atoms with E-state index < -0.39 is 6.10 Å². The molecule has 4 nitrogen and oxygen atoms in total. The molecule has 0 aromatic heterocycles. The number of ether oxygens (including phenoxy) is 2. The van der Waals surface area contributed by atoms with Crippen molar-refractivity contribution in [1.29, 1.82) is 0 Å². The van der Waals surface area contributed by atoms with E-state index in [2.05, 4.69) is 12.2 Å². The maximum Gasteiger partial charge on any atom is 0.264 e. The van der Waals surface area contributed by atoms with Gasteiger partial charge in [0, 0.05) is 6.04 Å². The molecule has 1 saturated carbocycles. The van der Waals surface area contributed by atoms with Crippen LogP contribution in [0.25, 0.3) is 0 Å². The van der Waals surface area contributed by atoms with Crippen LogP contribution in [0.4, 0.5) is 0 Å². The van der Waals surface area contributed by atoms with Gasteiger partial charge in [-0.05, 0) is 30.9 Å².